The van der Waals surface area contributed by atoms with Crippen molar-refractivity contribution in [2.45, 2.75) is 57.5 Å². The molecule has 0 radical (unpaired) electrons. The van der Waals surface area contributed by atoms with Crippen molar-refractivity contribution in [3.05, 3.63) is 0 Å². The molecule has 2 N–H and O–H groups in total. The zero-order chi connectivity index (χ0) is 15.3. The number of morpholine rings is 1. The highest BCUT2D eigenvalue weighted by Crippen LogP contribution is 2.33. The fourth-order valence-electron chi connectivity index (χ4n) is 2.38. The smallest absolute Gasteiger partial charge is 0.366 e. The molecule has 0 aliphatic carbocycles. The lowest BCUT2D eigenvalue weighted by atomic mass is 9.94. The summed E-state index contributed by atoms with van der Waals surface area (Å²) in [4.78, 5) is 13.2. The summed E-state index contributed by atoms with van der Waals surface area (Å²) >= 11 is 0. The third-order valence-electron chi connectivity index (χ3n) is 3.02. The van der Waals surface area contributed by atoms with Gasteiger partial charge in [0.15, 0.2) is 5.54 Å². The molecular weight excluding hydrogens is 261 g/mol. The van der Waals surface area contributed by atoms with Crippen LogP contribution < -0.4 is 5.73 Å². The first-order valence-corrected chi connectivity index (χ1v) is 6.03. The molecule has 1 aliphatic heterocycles. The Kier molecular flexibility index (Phi) is 3.71. The number of carbonyl (C=O) groups excluding carboxylic acids is 1. The van der Waals surface area contributed by atoms with Gasteiger partial charge in [-0.3, -0.25) is 4.79 Å². The minimum atomic E-state index is -4.78. The van der Waals surface area contributed by atoms with Crippen molar-refractivity contribution in [3.8, 4) is 0 Å². The Morgan fingerprint density at radius 1 is 1.16 bits per heavy atom. The van der Waals surface area contributed by atoms with E-state index >= 15 is 0 Å². The zero-order valence-electron chi connectivity index (χ0n) is 11.9. The number of nitrogens with zero attached hydrogens (tertiary/aromatic N) is 1. The van der Waals surface area contributed by atoms with Gasteiger partial charge in [0.2, 0.25) is 0 Å². The summed E-state index contributed by atoms with van der Waals surface area (Å²) < 4.78 is 44.2. The van der Waals surface area contributed by atoms with Crippen molar-refractivity contribution in [2.75, 3.05) is 13.1 Å². The predicted molar refractivity (Wildman–Crippen MR) is 64.5 cm³/mol. The summed E-state index contributed by atoms with van der Waals surface area (Å²) in [6, 6.07) is 0. The lowest BCUT2D eigenvalue weighted by molar-refractivity contribution is -0.213. The fourth-order valence-corrected chi connectivity index (χ4v) is 2.38. The van der Waals surface area contributed by atoms with E-state index in [9.17, 15) is 18.0 Å². The quantitative estimate of drug-likeness (QED) is 0.796. The fraction of sp³-hybridized carbons (Fsp3) is 0.917. The Labute approximate surface area is 111 Å². The molecule has 1 unspecified atom stereocenters. The van der Waals surface area contributed by atoms with Crippen molar-refractivity contribution in [1.29, 1.82) is 0 Å². The van der Waals surface area contributed by atoms with Crippen LogP contribution in [0.1, 0.15) is 34.6 Å². The van der Waals surface area contributed by atoms with Crippen LogP contribution in [0.3, 0.4) is 0 Å². The Morgan fingerprint density at radius 3 is 1.84 bits per heavy atom. The Bertz CT molecular complexity index is 360. The van der Waals surface area contributed by atoms with Crippen LogP contribution in [0.15, 0.2) is 0 Å². The van der Waals surface area contributed by atoms with Crippen LogP contribution in [-0.2, 0) is 9.53 Å². The Hall–Kier alpha value is -0.820. The molecule has 1 rings (SSSR count). The molecule has 19 heavy (non-hydrogen) atoms. The number of hydrogen-bond acceptors (Lipinski definition) is 3. The minimum absolute atomic E-state index is 0.0815. The molecule has 1 saturated heterocycles. The third kappa shape index (κ3) is 3.39. The largest absolute Gasteiger partial charge is 0.415 e. The number of ether oxygens (including phenoxy) is 1. The number of alkyl halides is 3. The van der Waals surface area contributed by atoms with E-state index in [1.54, 1.807) is 27.7 Å². The van der Waals surface area contributed by atoms with Crippen LogP contribution in [0.5, 0.6) is 0 Å². The van der Waals surface area contributed by atoms with Crippen LogP contribution in [-0.4, -0.2) is 46.8 Å². The van der Waals surface area contributed by atoms with E-state index in [0.29, 0.717) is 6.92 Å². The predicted octanol–water partition coefficient (Wildman–Crippen LogP) is 1.68. The van der Waals surface area contributed by atoms with Gasteiger partial charge in [0.1, 0.15) is 0 Å². The second-order valence-corrected chi connectivity index (χ2v) is 6.48. The first-order chi connectivity index (χ1) is 8.18. The van der Waals surface area contributed by atoms with E-state index in [1.165, 1.54) is 0 Å². The second-order valence-electron chi connectivity index (χ2n) is 6.48. The van der Waals surface area contributed by atoms with E-state index < -0.39 is 28.8 Å². The van der Waals surface area contributed by atoms with Gasteiger partial charge in [-0.1, -0.05) is 0 Å². The number of hydrogen-bond donors (Lipinski definition) is 1. The number of halogens is 3. The SMILES string of the molecule is CC1(C)CN(C(=O)C(C)(N)C(F)(F)F)CC(C)(C)O1. The van der Waals surface area contributed by atoms with Crippen molar-refractivity contribution < 1.29 is 22.7 Å². The lowest BCUT2D eigenvalue weighted by Crippen LogP contribution is -2.67. The number of rotatable bonds is 1. The van der Waals surface area contributed by atoms with Crippen LogP contribution in [0.4, 0.5) is 13.2 Å². The highest BCUT2D eigenvalue weighted by molar-refractivity contribution is 5.87. The van der Waals surface area contributed by atoms with Crippen LogP contribution >= 0.6 is 0 Å². The summed E-state index contributed by atoms with van der Waals surface area (Å²) in [6.07, 6.45) is -4.78. The average Bonchev–Trinajstić information content (AvgIpc) is 2.09. The minimum Gasteiger partial charge on any atom is -0.366 e. The van der Waals surface area contributed by atoms with Gasteiger partial charge in [-0.25, -0.2) is 0 Å². The van der Waals surface area contributed by atoms with Gasteiger partial charge in [0, 0.05) is 13.1 Å². The van der Waals surface area contributed by atoms with Crippen LogP contribution in [0.25, 0.3) is 0 Å². The number of carbonyl (C=O) groups is 1. The van der Waals surface area contributed by atoms with Crippen molar-refractivity contribution in [2.24, 2.45) is 5.73 Å². The monoisotopic (exact) mass is 282 g/mol. The van der Waals surface area contributed by atoms with Gasteiger partial charge in [0.25, 0.3) is 5.91 Å². The Balaban J connectivity index is 3.00. The van der Waals surface area contributed by atoms with Gasteiger partial charge < -0.3 is 15.4 Å². The molecule has 0 saturated carbocycles. The van der Waals surface area contributed by atoms with E-state index in [1.807, 2.05) is 0 Å². The third-order valence-corrected chi connectivity index (χ3v) is 3.02. The molecule has 0 aromatic carbocycles. The van der Waals surface area contributed by atoms with E-state index in [4.69, 9.17) is 10.5 Å². The highest BCUT2D eigenvalue weighted by atomic mass is 19.4. The molecule has 1 heterocycles. The first kappa shape index (κ1) is 16.2. The standard InChI is InChI=1S/C12H21F3N2O2/c1-9(2)6-17(7-10(3,4)19-9)8(18)11(5,16)12(13,14)15/h6-7,16H2,1-5H3. The molecule has 0 aromatic rings. The topological polar surface area (TPSA) is 55.6 Å². The normalized spacial score (nSPS) is 25.8. The molecule has 1 fully saturated rings. The maximum absolute atomic E-state index is 12.8. The molecule has 0 bridgehead atoms. The molecule has 112 valence electrons. The summed E-state index contributed by atoms with van der Waals surface area (Å²) in [5.74, 6) is -1.12. The van der Waals surface area contributed by atoms with Gasteiger partial charge in [-0.15, -0.1) is 0 Å². The Morgan fingerprint density at radius 2 is 1.53 bits per heavy atom. The maximum atomic E-state index is 12.8. The van der Waals surface area contributed by atoms with Gasteiger partial charge in [0.05, 0.1) is 11.2 Å². The molecular formula is C12H21F3N2O2. The second kappa shape index (κ2) is 4.34. The first-order valence-electron chi connectivity index (χ1n) is 6.03. The summed E-state index contributed by atoms with van der Waals surface area (Å²) in [5, 5.41) is 0. The molecule has 1 aliphatic rings. The summed E-state index contributed by atoms with van der Waals surface area (Å²) in [5.41, 5.74) is 0.891. The summed E-state index contributed by atoms with van der Waals surface area (Å²) in [6.45, 7) is 7.79. The van der Waals surface area contributed by atoms with Crippen molar-refractivity contribution >= 4 is 5.91 Å². The van der Waals surface area contributed by atoms with E-state index in [0.717, 1.165) is 4.90 Å². The maximum Gasteiger partial charge on any atom is 0.415 e. The summed E-state index contributed by atoms with van der Waals surface area (Å²) in [7, 11) is 0. The highest BCUT2D eigenvalue weighted by Gasteiger charge is 2.57. The lowest BCUT2D eigenvalue weighted by Gasteiger charge is -2.48. The zero-order valence-corrected chi connectivity index (χ0v) is 11.9. The molecule has 4 nitrogen and oxygen atoms in total. The van der Waals surface area contributed by atoms with Crippen LogP contribution in [0.2, 0.25) is 0 Å². The number of nitrogens with two attached hydrogens (primary N) is 1. The van der Waals surface area contributed by atoms with Crippen LogP contribution in [0, 0.1) is 0 Å². The van der Waals surface area contributed by atoms with Gasteiger partial charge >= 0.3 is 6.18 Å². The van der Waals surface area contributed by atoms with Gasteiger partial charge in [-0.05, 0) is 34.6 Å². The van der Waals surface area contributed by atoms with E-state index in [-0.39, 0.29) is 13.1 Å². The molecule has 1 amide bonds. The molecule has 0 aromatic heterocycles. The van der Waals surface area contributed by atoms with Gasteiger partial charge in [-0.2, -0.15) is 13.2 Å². The van der Waals surface area contributed by atoms with Crippen molar-refractivity contribution in [3.63, 3.8) is 0 Å². The molecule has 7 heteroatoms. The average molecular weight is 282 g/mol. The molecule has 1 atom stereocenters. The number of amides is 1. The van der Waals surface area contributed by atoms with Crippen molar-refractivity contribution in [1.82, 2.24) is 4.90 Å². The molecule has 0 spiro atoms. The van der Waals surface area contributed by atoms with E-state index in [2.05, 4.69) is 0 Å².